The molecule has 0 N–H and O–H groups in total. The van der Waals surface area contributed by atoms with Crippen molar-refractivity contribution in [2.24, 2.45) is 5.92 Å². The van der Waals surface area contributed by atoms with Crippen LogP contribution in [0.4, 0.5) is 5.69 Å². The second-order valence-corrected chi connectivity index (χ2v) is 8.86. The molecule has 1 unspecified atom stereocenters. The highest BCUT2D eigenvalue weighted by Gasteiger charge is 2.36. The first kappa shape index (κ1) is 21.7. The first-order valence-electron chi connectivity index (χ1n) is 10.5. The number of aromatic nitrogens is 1. The Bertz CT molecular complexity index is 910. The van der Waals surface area contributed by atoms with Crippen molar-refractivity contribution in [2.75, 3.05) is 51.9 Å². The van der Waals surface area contributed by atoms with Gasteiger partial charge >= 0.3 is 0 Å². The number of morpholine rings is 1. The second kappa shape index (κ2) is 9.76. The monoisotopic (exact) mass is 444 g/mol. The lowest BCUT2D eigenvalue weighted by atomic mass is 10.1. The van der Waals surface area contributed by atoms with Crippen LogP contribution < -0.4 is 9.64 Å². The van der Waals surface area contributed by atoms with Crippen LogP contribution in [0.5, 0.6) is 5.75 Å². The van der Waals surface area contributed by atoms with E-state index in [4.69, 9.17) is 14.5 Å². The summed E-state index contributed by atoms with van der Waals surface area (Å²) in [5, 5.41) is 3.07. The molecular weight excluding hydrogens is 416 g/mol. The summed E-state index contributed by atoms with van der Waals surface area (Å²) in [4.78, 5) is 35.9. The summed E-state index contributed by atoms with van der Waals surface area (Å²) >= 11 is 1.63. The average Bonchev–Trinajstić information content (AvgIpc) is 3.40. The molecule has 4 rings (SSSR count). The summed E-state index contributed by atoms with van der Waals surface area (Å²) in [7, 11) is 3.39. The molecule has 9 heteroatoms. The molecule has 0 saturated carbocycles. The van der Waals surface area contributed by atoms with Crippen LogP contribution in [0.1, 0.15) is 17.1 Å². The van der Waals surface area contributed by atoms with Gasteiger partial charge in [0.05, 0.1) is 45.0 Å². The number of benzene rings is 1. The highest BCUT2D eigenvalue weighted by atomic mass is 32.1. The summed E-state index contributed by atoms with van der Waals surface area (Å²) in [6, 6.07) is 7.33. The smallest absolute Gasteiger partial charge is 0.228 e. The van der Waals surface area contributed by atoms with Crippen molar-refractivity contribution >= 4 is 28.8 Å². The largest absolute Gasteiger partial charge is 0.497 e. The zero-order chi connectivity index (χ0) is 21.8. The third kappa shape index (κ3) is 5.23. The van der Waals surface area contributed by atoms with Crippen molar-refractivity contribution in [3.05, 3.63) is 40.3 Å². The van der Waals surface area contributed by atoms with E-state index in [0.29, 0.717) is 13.1 Å². The highest BCUT2D eigenvalue weighted by molar-refractivity contribution is 7.09. The number of methoxy groups -OCH3 is 1. The molecule has 2 amide bonds. The third-order valence-electron chi connectivity index (χ3n) is 5.70. The number of amides is 2. The van der Waals surface area contributed by atoms with E-state index in [1.54, 1.807) is 35.3 Å². The van der Waals surface area contributed by atoms with Gasteiger partial charge in [0.2, 0.25) is 11.8 Å². The van der Waals surface area contributed by atoms with Crippen LogP contribution in [-0.2, 0) is 27.4 Å². The minimum absolute atomic E-state index is 0.0212. The zero-order valence-electron chi connectivity index (χ0n) is 18.0. The predicted molar refractivity (Wildman–Crippen MR) is 118 cm³/mol. The van der Waals surface area contributed by atoms with Gasteiger partial charge in [0.15, 0.2) is 0 Å². The van der Waals surface area contributed by atoms with Crippen LogP contribution in [0.25, 0.3) is 0 Å². The van der Waals surface area contributed by atoms with E-state index in [1.807, 2.05) is 29.6 Å². The quantitative estimate of drug-likeness (QED) is 0.650. The fourth-order valence-electron chi connectivity index (χ4n) is 3.96. The molecule has 31 heavy (non-hydrogen) atoms. The van der Waals surface area contributed by atoms with Crippen molar-refractivity contribution in [3.8, 4) is 5.75 Å². The topological polar surface area (TPSA) is 75.2 Å². The molecule has 0 aliphatic carbocycles. The van der Waals surface area contributed by atoms with Gasteiger partial charge < -0.3 is 19.3 Å². The number of carbonyl (C=O) groups is 2. The molecule has 0 bridgehead atoms. The first-order valence-corrected chi connectivity index (χ1v) is 11.3. The molecule has 8 nitrogen and oxygen atoms in total. The Balaban J connectivity index is 1.32. The van der Waals surface area contributed by atoms with Gasteiger partial charge in [-0.2, -0.15) is 0 Å². The summed E-state index contributed by atoms with van der Waals surface area (Å²) in [5.41, 5.74) is 1.68. The van der Waals surface area contributed by atoms with Crippen LogP contribution in [0, 0.1) is 5.92 Å². The predicted octanol–water partition coefficient (Wildman–Crippen LogP) is 2.00. The van der Waals surface area contributed by atoms with Crippen LogP contribution in [0.15, 0.2) is 29.6 Å². The van der Waals surface area contributed by atoms with Gasteiger partial charge in [0.1, 0.15) is 10.8 Å². The van der Waals surface area contributed by atoms with Gasteiger partial charge in [-0.25, -0.2) is 4.98 Å². The molecule has 1 atom stereocenters. The number of nitrogens with zero attached hydrogens (tertiary/aromatic N) is 4. The van der Waals surface area contributed by atoms with E-state index in [2.05, 4.69) is 4.90 Å². The second-order valence-electron chi connectivity index (χ2n) is 7.92. The minimum Gasteiger partial charge on any atom is -0.497 e. The van der Waals surface area contributed by atoms with Crippen molar-refractivity contribution < 1.29 is 19.1 Å². The maximum atomic E-state index is 13.0. The van der Waals surface area contributed by atoms with Crippen molar-refractivity contribution in [3.63, 3.8) is 0 Å². The Kier molecular flexibility index (Phi) is 6.84. The van der Waals surface area contributed by atoms with Crippen molar-refractivity contribution in [2.45, 2.75) is 19.5 Å². The maximum absolute atomic E-state index is 13.0. The molecule has 2 aliphatic rings. The highest BCUT2D eigenvalue weighted by Crippen LogP contribution is 2.28. The van der Waals surface area contributed by atoms with E-state index < -0.39 is 0 Å². The Morgan fingerprint density at radius 2 is 2.03 bits per heavy atom. The molecule has 0 spiro atoms. The molecule has 3 heterocycles. The lowest BCUT2D eigenvalue weighted by Crippen LogP contribution is -2.35. The molecule has 166 valence electrons. The Morgan fingerprint density at radius 1 is 1.29 bits per heavy atom. The van der Waals surface area contributed by atoms with Gasteiger partial charge in [-0.15, -0.1) is 11.3 Å². The van der Waals surface area contributed by atoms with Crippen LogP contribution in [0.3, 0.4) is 0 Å². The number of ether oxygens (including phenoxy) is 2. The number of rotatable bonds is 7. The summed E-state index contributed by atoms with van der Waals surface area (Å²) < 4.78 is 10.6. The maximum Gasteiger partial charge on any atom is 0.228 e. The van der Waals surface area contributed by atoms with Gasteiger partial charge in [0, 0.05) is 44.2 Å². The zero-order valence-corrected chi connectivity index (χ0v) is 18.8. The van der Waals surface area contributed by atoms with Crippen molar-refractivity contribution in [1.82, 2.24) is 14.8 Å². The fraction of sp³-hybridized carbons (Fsp3) is 0.500. The van der Waals surface area contributed by atoms with E-state index >= 15 is 0 Å². The van der Waals surface area contributed by atoms with Gasteiger partial charge in [-0.1, -0.05) is 0 Å². The van der Waals surface area contributed by atoms with Gasteiger partial charge in [-0.05, 0) is 24.3 Å². The van der Waals surface area contributed by atoms with Crippen LogP contribution in [-0.4, -0.2) is 73.6 Å². The molecule has 2 saturated heterocycles. The Labute approximate surface area is 186 Å². The molecule has 0 radical (unpaired) electrons. The average molecular weight is 445 g/mol. The number of thiazole rings is 1. The molecular formula is C22H28N4O4S. The van der Waals surface area contributed by atoms with Crippen molar-refractivity contribution in [1.29, 1.82) is 0 Å². The van der Waals surface area contributed by atoms with Gasteiger partial charge in [-0.3, -0.25) is 14.5 Å². The summed E-state index contributed by atoms with van der Waals surface area (Å²) in [6.45, 7) is 5.05. The molecule has 2 fully saturated rings. The summed E-state index contributed by atoms with van der Waals surface area (Å²) in [5.74, 6) is 0.343. The summed E-state index contributed by atoms with van der Waals surface area (Å²) in [6.07, 6.45) is 0.231. The molecule has 2 aliphatic heterocycles. The standard InChI is InChI=1S/C22H28N4O4S/c1-24(13-17-15-31-20(23-17)14-25-7-9-30-10-8-25)22(28)16-11-21(27)26(12-16)18-3-5-19(29-2)6-4-18/h3-6,15-16H,7-14H2,1-2H3. The van der Waals surface area contributed by atoms with Gasteiger partial charge in [0.25, 0.3) is 0 Å². The Morgan fingerprint density at radius 3 is 2.74 bits per heavy atom. The molecule has 1 aromatic heterocycles. The van der Waals surface area contributed by atoms with Crippen LogP contribution in [0.2, 0.25) is 0 Å². The Hall–Kier alpha value is -2.49. The van der Waals surface area contributed by atoms with Crippen LogP contribution >= 0.6 is 11.3 Å². The first-order chi connectivity index (χ1) is 15.0. The molecule has 2 aromatic rings. The van der Waals surface area contributed by atoms with E-state index in [1.165, 1.54) is 0 Å². The third-order valence-corrected chi connectivity index (χ3v) is 6.58. The molecule has 1 aromatic carbocycles. The number of hydrogen-bond donors (Lipinski definition) is 0. The van der Waals surface area contributed by atoms with E-state index in [-0.39, 0.29) is 24.2 Å². The fourth-order valence-corrected chi connectivity index (χ4v) is 4.79. The minimum atomic E-state index is -0.342. The number of anilines is 1. The van der Waals surface area contributed by atoms with E-state index in [9.17, 15) is 9.59 Å². The SMILES string of the molecule is COc1ccc(N2CC(C(=O)N(C)Cc3csc(CN4CCOCC4)n3)CC2=O)cc1. The number of carbonyl (C=O) groups excluding carboxylic acids is 2. The number of hydrogen-bond acceptors (Lipinski definition) is 7. The van der Waals surface area contributed by atoms with E-state index in [0.717, 1.165) is 55.0 Å². The lowest BCUT2D eigenvalue weighted by Gasteiger charge is -2.25. The lowest BCUT2D eigenvalue weighted by molar-refractivity contribution is -0.135. The normalized spacial score (nSPS) is 19.6.